The molecule has 4 nitrogen and oxygen atoms in total. The van der Waals surface area contributed by atoms with E-state index in [0.717, 1.165) is 22.6 Å². The second-order valence-corrected chi connectivity index (χ2v) is 5.50. The molecule has 2 aromatic rings. The van der Waals surface area contributed by atoms with E-state index < -0.39 is 0 Å². The second kappa shape index (κ2) is 7.46. The van der Waals surface area contributed by atoms with Crippen LogP contribution in [0.3, 0.4) is 0 Å². The number of hydrogen-bond acceptors (Lipinski definition) is 2. The molecular formula is C19H21N3O. The van der Waals surface area contributed by atoms with E-state index in [-0.39, 0.29) is 5.91 Å². The molecule has 0 fully saturated rings. The number of likely N-dealkylation sites (N-methyl/N-ethyl adjacent to an activating group) is 1. The van der Waals surface area contributed by atoms with Gasteiger partial charge in [0, 0.05) is 36.7 Å². The van der Waals surface area contributed by atoms with Gasteiger partial charge in [0.2, 0.25) is 5.91 Å². The standard InChI is InChI=1S/C19H21N3O/c1-15-14-17(10-11-19(23)21(3)13-7-12-20)16(2)22(15)18-8-5-4-6-9-18/h4-6,8-11,14H,7,13H2,1-3H3/b11-10+. The minimum absolute atomic E-state index is 0.0928. The van der Waals surface area contributed by atoms with Crippen molar-refractivity contribution in [2.24, 2.45) is 0 Å². The minimum Gasteiger partial charge on any atom is -0.341 e. The van der Waals surface area contributed by atoms with Crippen LogP contribution in [-0.2, 0) is 4.79 Å². The molecule has 0 bridgehead atoms. The van der Waals surface area contributed by atoms with Crippen molar-refractivity contribution in [1.82, 2.24) is 9.47 Å². The first-order valence-electron chi connectivity index (χ1n) is 7.59. The van der Waals surface area contributed by atoms with Crippen LogP contribution in [0.15, 0.2) is 42.5 Å². The molecule has 118 valence electrons. The summed E-state index contributed by atoms with van der Waals surface area (Å²) in [6, 6.07) is 14.3. The van der Waals surface area contributed by atoms with Gasteiger partial charge in [0.15, 0.2) is 0 Å². The van der Waals surface area contributed by atoms with Crippen LogP contribution in [0.4, 0.5) is 0 Å². The lowest BCUT2D eigenvalue weighted by Gasteiger charge is -2.12. The van der Waals surface area contributed by atoms with E-state index in [0.29, 0.717) is 13.0 Å². The highest BCUT2D eigenvalue weighted by molar-refractivity contribution is 5.91. The van der Waals surface area contributed by atoms with E-state index in [2.05, 4.69) is 29.7 Å². The van der Waals surface area contributed by atoms with Gasteiger partial charge in [0.1, 0.15) is 0 Å². The SMILES string of the molecule is Cc1cc(/C=C/C(=O)N(C)CCC#N)c(C)n1-c1ccccc1. The Morgan fingerprint density at radius 1 is 1.30 bits per heavy atom. The molecule has 0 unspecified atom stereocenters. The van der Waals surface area contributed by atoms with Crippen LogP contribution in [-0.4, -0.2) is 29.0 Å². The molecule has 0 spiro atoms. The lowest BCUT2D eigenvalue weighted by atomic mass is 10.2. The summed E-state index contributed by atoms with van der Waals surface area (Å²) >= 11 is 0. The summed E-state index contributed by atoms with van der Waals surface area (Å²) in [5.74, 6) is -0.0928. The Morgan fingerprint density at radius 3 is 2.65 bits per heavy atom. The molecule has 1 aromatic heterocycles. The third-order valence-electron chi connectivity index (χ3n) is 3.83. The molecular weight excluding hydrogens is 286 g/mol. The van der Waals surface area contributed by atoms with Crippen molar-refractivity contribution in [3.8, 4) is 11.8 Å². The molecule has 0 aliphatic carbocycles. The fourth-order valence-electron chi connectivity index (χ4n) is 2.55. The van der Waals surface area contributed by atoms with E-state index in [4.69, 9.17) is 5.26 Å². The minimum atomic E-state index is -0.0928. The van der Waals surface area contributed by atoms with E-state index >= 15 is 0 Å². The first kappa shape index (κ1) is 16.6. The largest absolute Gasteiger partial charge is 0.341 e. The third-order valence-corrected chi connectivity index (χ3v) is 3.83. The molecule has 0 aliphatic rings. The van der Waals surface area contributed by atoms with Crippen molar-refractivity contribution in [2.45, 2.75) is 20.3 Å². The zero-order chi connectivity index (χ0) is 16.8. The number of aryl methyl sites for hydroxylation is 1. The maximum atomic E-state index is 12.0. The van der Waals surface area contributed by atoms with Gasteiger partial charge in [-0.05, 0) is 43.7 Å². The molecule has 0 N–H and O–H groups in total. The van der Waals surface area contributed by atoms with Crippen molar-refractivity contribution in [3.63, 3.8) is 0 Å². The number of benzene rings is 1. The predicted molar refractivity (Wildman–Crippen MR) is 92.1 cm³/mol. The van der Waals surface area contributed by atoms with Gasteiger partial charge in [0.25, 0.3) is 0 Å². The van der Waals surface area contributed by atoms with E-state index in [1.54, 1.807) is 18.0 Å². The lowest BCUT2D eigenvalue weighted by Crippen LogP contribution is -2.25. The molecule has 1 amide bonds. The maximum absolute atomic E-state index is 12.0. The maximum Gasteiger partial charge on any atom is 0.246 e. The number of rotatable bonds is 5. The molecule has 0 radical (unpaired) electrons. The smallest absolute Gasteiger partial charge is 0.246 e. The van der Waals surface area contributed by atoms with Crippen molar-refractivity contribution < 1.29 is 4.79 Å². The normalized spacial score (nSPS) is 10.7. The first-order valence-corrected chi connectivity index (χ1v) is 7.59. The molecule has 0 saturated carbocycles. The first-order chi connectivity index (χ1) is 11.0. The van der Waals surface area contributed by atoms with Crippen LogP contribution in [0, 0.1) is 25.2 Å². The van der Waals surface area contributed by atoms with Gasteiger partial charge in [-0.15, -0.1) is 0 Å². The van der Waals surface area contributed by atoms with Gasteiger partial charge >= 0.3 is 0 Å². The number of para-hydroxylation sites is 1. The average Bonchev–Trinajstić information content (AvgIpc) is 2.85. The summed E-state index contributed by atoms with van der Waals surface area (Å²) in [4.78, 5) is 13.6. The lowest BCUT2D eigenvalue weighted by molar-refractivity contribution is -0.124. The van der Waals surface area contributed by atoms with Crippen LogP contribution >= 0.6 is 0 Å². The van der Waals surface area contributed by atoms with Crippen LogP contribution in [0.1, 0.15) is 23.4 Å². The number of nitriles is 1. The molecule has 1 aromatic carbocycles. The Kier molecular flexibility index (Phi) is 5.37. The van der Waals surface area contributed by atoms with E-state index in [9.17, 15) is 4.79 Å². The topological polar surface area (TPSA) is 49.0 Å². The Bertz CT molecular complexity index is 751. The molecule has 23 heavy (non-hydrogen) atoms. The fourth-order valence-corrected chi connectivity index (χ4v) is 2.55. The van der Waals surface area contributed by atoms with Crippen molar-refractivity contribution >= 4 is 12.0 Å². The highest BCUT2D eigenvalue weighted by Gasteiger charge is 2.09. The predicted octanol–water partition coefficient (Wildman–Crippen LogP) is 3.48. The summed E-state index contributed by atoms with van der Waals surface area (Å²) in [5.41, 5.74) is 4.35. The fraction of sp³-hybridized carbons (Fsp3) is 0.263. The summed E-state index contributed by atoms with van der Waals surface area (Å²) in [6.45, 7) is 4.55. The zero-order valence-corrected chi connectivity index (χ0v) is 13.8. The molecule has 0 aliphatic heterocycles. The van der Waals surface area contributed by atoms with Crippen LogP contribution in [0.2, 0.25) is 0 Å². The zero-order valence-electron chi connectivity index (χ0n) is 13.8. The van der Waals surface area contributed by atoms with E-state index in [1.165, 1.54) is 0 Å². The monoisotopic (exact) mass is 307 g/mol. The summed E-state index contributed by atoms with van der Waals surface area (Å²) in [6.07, 6.45) is 3.75. The third kappa shape index (κ3) is 3.89. The number of carbonyl (C=O) groups is 1. The number of hydrogen-bond donors (Lipinski definition) is 0. The van der Waals surface area contributed by atoms with Crippen LogP contribution in [0.5, 0.6) is 0 Å². The van der Waals surface area contributed by atoms with Gasteiger partial charge in [-0.25, -0.2) is 0 Å². The highest BCUT2D eigenvalue weighted by Crippen LogP contribution is 2.21. The van der Waals surface area contributed by atoms with Crippen LogP contribution < -0.4 is 0 Å². The van der Waals surface area contributed by atoms with Crippen molar-refractivity contribution in [2.75, 3.05) is 13.6 Å². The van der Waals surface area contributed by atoms with Crippen molar-refractivity contribution in [3.05, 3.63) is 59.4 Å². The molecule has 0 atom stereocenters. The van der Waals surface area contributed by atoms with Gasteiger partial charge in [-0.2, -0.15) is 5.26 Å². The van der Waals surface area contributed by atoms with Crippen LogP contribution in [0.25, 0.3) is 11.8 Å². The molecule has 0 saturated heterocycles. The number of amides is 1. The van der Waals surface area contributed by atoms with E-state index in [1.807, 2.05) is 37.3 Å². The second-order valence-electron chi connectivity index (χ2n) is 5.50. The quantitative estimate of drug-likeness (QED) is 0.794. The average molecular weight is 307 g/mol. The summed E-state index contributed by atoms with van der Waals surface area (Å²) < 4.78 is 2.17. The Balaban J connectivity index is 2.21. The van der Waals surface area contributed by atoms with Gasteiger partial charge in [0.05, 0.1) is 12.5 Å². The summed E-state index contributed by atoms with van der Waals surface area (Å²) in [7, 11) is 1.71. The number of aromatic nitrogens is 1. The summed E-state index contributed by atoms with van der Waals surface area (Å²) in [5, 5.41) is 8.57. The Labute approximate surface area is 137 Å². The molecule has 1 heterocycles. The Morgan fingerprint density at radius 2 is 2.00 bits per heavy atom. The molecule has 2 rings (SSSR count). The molecule has 4 heteroatoms. The van der Waals surface area contributed by atoms with Gasteiger partial charge in [-0.1, -0.05) is 18.2 Å². The van der Waals surface area contributed by atoms with Gasteiger partial charge < -0.3 is 9.47 Å². The number of nitrogens with zero attached hydrogens (tertiary/aromatic N) is 3. The Hall–Kier alpha value is -2.80. The highest BCUT2D eigenvalue weighted by atomic mass is 16.2. The van der Waals surface area contributed by atoms with Crippen molar-refractivity contribution in [1.29, 1.82) is 5.26 Å². The van der Waals surface area contributed by atoms with Gasteiger partial charge in [-0.3, -0.25) is 4.79 Å². The number of carbonyl (C=O) groups excluding carboxylic acids is 1.